The number of amides is 4. The van der Waals surface area contributed by atoms with E-state index in [2.05, 4.69) is 30.7 Å². The molecule has 13 nitrogen and oxygen atoms in total. The number of sulfonamides is 1. The van der Waals surface area contributed by atoms with Crippen LogP contribution in [0.3, 0.4) is 0 Å². The predicted molar refractivity (Wildman–Crippen MR) is 172 cm³/mol. The highest BCUT2D eigenvalue weighted by molar-refractivity contribution is 7.91. The maximum Gasteiger partial charge on any atom is 0.408 e. The Bertz CT molecular complexity index is 1290. The maximum absolute atomic E-state index is 14.2. The molecule has 0 aromatic heterocycles. The number of hydrogen-bond acceptors (Lipinski definition) is 9. The van der Waals surface area contributed by atoms with Crippen LogP contribution < -0.4 is 15.4 Å². The summed E-state index contributed by atoms with van der Waals surface area (Å²) in [5.41, 5.74) is -2.45. The number of alkyl carbamates (subject to hydrolysis) is 1. The van der Waals surface area contributed by atoms with Gasteiger partial charge in [-0.1, -0.05) is 32.4 Å². The van der Waals surface area contributed by atoms with Crippen molar-refractivity contribution < 1.29 is 42.5 Å². The van der Waals surface area contributed by atoms with Crippen molar-refractivity contribution in [2.75, 3.05) is 13.2 Å². The molecule has 260 valence electrons. The van der Waals surface area contributed by atoms with Gasteiger partial charge in [-0.05, 0) is 71.1 Å². The van der Waals surface area contributed by atoms with Crippen molar-refractivity contribution in [1.29, 1.82) is 0 Å². The quantitative estimate of drug-likeness (QED) is 0.153. The summed E-state index contributed by atoms with van der Waals surface area (Å²) in [6.07, 6.45) is 4.56. The van der Waals surface area contributed by atoms with Gasteiger partial charge in [-0.3, -0.25) is 19.1 Å². The molecule has 1 saturated heterocycles. The molecule has 3 fully saturated rings. The lowest BCUT2D eigenvalue weighted by Crippen LogP contribution is -2.60. The summed E-state index contributed by atoms with van der Waals surface area (Å²) in [4.78, 5) is 55.5. The summed E-state index contributed by atoms with van der Waals surface area (Å²) < 4.78 is 31.8. The number of likely N-dealkylation sites (tertiary alicyclic amines) is 1. The fourth-order valence-corrected chi connectivity index (χ4v) is 7.64. The van der Waals surface area contributed by atoms with Crippen molar-refractivity contribution in [2.45, 2.75) is 120 Å². The number of aliphatic hydroxyl groups is 2. The Hall–Kier alpha value is -2.97. The average molecular weight is 669 g/mol. The van der Waals surface area contributed by atoms with Crippen LogP contribution >= 0.6 is 0 Å². The highest BCUT2D eigenvalue weighted by atomic mass is 32.2. The van der Waals surface area contributed by atoms with Crippen LogP contribution in [-0.4, -0.2) is 94.6 Å². The molecule has 0 aromatic carbocycles. The van der Waals surface area contributed by atoms with Crippen LogP contribution in [0.4, 0.5) is 4.79 Å². The molecule has 7 atom stereocenters. The Labute approximate surface area is 272 Å². The number of nitrogens with zero attached hydrogens (tertiary/aromatic N) is 1. The smallest absolute Gasteiger partial charge is 0.408 e. The first-order valence-corrected chi connectivity index (χ1v) is 17.6. The molecule has 1 heterocycles. The number of β-amino-alcohol motifs (C(OH)–C–C–N with tert-alkyl or cyclic N) is 1. The van der Waals surface area contributed by atoms with Gasteiger partial charge >= 0.3 is 6.09 Å². The number of allylic oxidation sites excluding steroid dienone is 1. The third kappa shape index (κ3) is 8.48. The molecule has 2 saturated carbocycles. The number of ether oxygens (including phenoxy) is 1. The molecule has 7 unspecified atom stereocenters. The van der Waals surface area contributed by atoms with E-state index in [9.17, 15) is 37.8 Å². The van der Waals surface area contributed by atoms with E-state index >= 15 is 0 Å². The molecule has 3 aliphatic rings. The lowest BCUT2D eigenvalue weighted by Gasteiger charge is -2.34. The van der Waals surface area contributed by atoms with Crippen molar-refractivity contribution in [3.8, 4) is 0 Å². The van der Waals surface area contributed by atoms with Gasteiger partial charge in [-0.25, -0.2) is 13.2 Å². The normalized spacial score (nSPS) is 27.0. The zero-order valence-corrected chi connectivity index (χ0v) is 28.5. The highest BCUT2D eigenvalue weighted by Crippen LogP contribution is 2.47. The molecule has 46 heavy (non-hydrogen) atoms. The third-order valence-corrected chi connectivity index (χ3v) is 11.4. The standard InChI is InChI=1S/C32H52N4O9S/c1-8-11-12-20(4)15-21(9-2)25(33-29(42)45-30(5,6)7)27(40)36-18-23(38)16-24(36)26(39)34-32(17-22(32)10-3)28(41)35-46(43,44)31(19-37)13-14-31/h8,10,20-25,37-38H,1,3,9,11-19H2,2,4-7H3,(H,33,42)(H,34,39)(H,35,41). The Balaban J connectivity index is 1.85. The fraction of sp³-hybridized carbons (Fsp3) is 0.750. The Morgan fingerprint density at radius 2 is 1.83 bits per heavy atom. The van der Waals surface area contributed by atoms with Gasteiger partial charge in [-0.15, -0.1) is 13.2 Å². The van der Waals surface area contributed by atoms with Crippen molar-refractivity contribution >= 4 is 33.8 Å². The van der Waals surface area contributed by atoms with Crippen molar-refractivity contribution in [3.63, 3.8) is 0 Å². The summed E-state index contributed by atoms with van der Waals surface area (Å²) in [6, 6.07) is -2.26. The zero-order valence-electron chi connectivity index (χ0n) is 27.7. The molecule has 3 rings (SSSR count). The molecule has 5 N–H and O–H groups in total. The van der Waals surface area contributed by atoms with Crippen LogP contribution in [0.25, 0.3) is 0 Å². The number of rotatable bonds is 16. The molecule has 0 bridgehead atoms. The van der Waals surface area contributed by atoms with E-state index in [0.717, 1.165) is 12.8 Å². The van der Waals surface area contributed by atoms with Crippen molar-refractivity contribution in [1.82, 2.24) is 20.3 Å². The zero-order chi connectivity index (χ0) is 34.7. The van der Waals surface area contributed by atoms with Crippen LogP contribution in [0, 0.1) is 17.8 Å². The minimum Gasteiger partial charge on any atom is -0.444 e. The molecule has 2 aliphatic carbocycles. The average Bonchev–Trinajstić information content (AvgIpc) is 3.88. The van der Waals surface area contributed by atoms with E-state index < -0.39 is 80.4 Å². The molecular formula is C32H52N4O9S. The molecule has 1 aliphatic heterocycles. The topological polar surface area (TPSA) is 191 Å². The predicted octanol–water partition coefficient (Wildman–Crippen LogP) is 1.89. The van der Waals surface area contributed by atoms with Gasteiger partial charge in [0.05, 0.1) is 12.7 Å². The SMILES string of the molecule is C=CCCC(C)CC(CC)C(NC(=O)OC(C)(C)C)C(=O)N1CC(O)CC1C(=O)NC1(C(=O)NS(=O)(=O)C2(CO)CC2)CC1C=C. The second-order valence-corrected chi connectivity index (χ2v) is 16.3. The third-order valence-electron chi connectivity index (χ3n) is 9.31. The van der Waals surface area contributed by atoms with Gasteiger partial charge < -0.3 is 30.5 Å². The van der Waals surface area contributed by atoms with Gasteiger partial charge in [-0.2, -0.15) is 0 Å². The van der Waals surface area contributed by atoms with E-state index in [1.165, 1.54) is 11.0 Å². The first-order valence-electron chi connectivity index (χ1n) is 16.1. The van der Waals surface area contributed by atoms with Gasteiger partial charge in [0.25, 0.3) is 5.91 Å². The Kier molecular flexibility index (Phi) is 11.8. The summed E-state index contributed by atoms with van der Waals surface area (Å²) >= 11 is 0. The molecule has 0 aromatic rings. The van der Waals surface area contributed by atoms with Crippen LogP contribution in [0.1, 0.15) is 86.0 Å². The van der Waals surface area contributed by atoms with Gasteiger partial charge in [0, 0.05) is 18.9 Å². The van der Waals surface area contributed by atoms with E-state index in [4.69, 9.17) is 4.74 Å². The number of nitrogens with one attached hydrogen (secondary N) is 3. The number of hydrogen-bond donors (Lipinski definition) is 5. The molecule has 0 radical (unpaired) electrons. The van der Waals surface area contributed by atoms with E-state index in [0.29, 0.717) is 12.8 Å². The molecule has 14 heteroatoms. The minimum atomic E-state index is -4.22. The Morgan fingerprint density at radius 3 is 2.33 bits per heavy atom. The van der Waals surface area contributed by atoms with Crippen LogP contribution in [0.2, 0.25) is 0 Å². The minimum absolute atomic E-state index is 0.0856. The van der Waals surface area contributed by atoms with E-state index in [1.54, 1.807) is 20.8 Å². The summed E-state index contributed by atoms with van der Waals surface area (Å²) in [5.74, 6) is -2.96. The second-order valence-electron chi connectivity index (χ2n) is 14.2. The fourth-order valence-electron chi connectivity index (χ4n) is 6.19. The highest BCUT2D eigenvalue weighted by Gasteiger charge is 2.63. The monoisotopic (exact) mass is 668 g/mol. The molecular weight excluding hydrogens is 616 g/mol. The Morgan fingerprint density at radius 1 is 1.17 bits per heavy atom. The lowest BCUT2D eigenvalue weighted by molar-refractivity contribution is -0.142. The van der Waals surface area contributed by atoms with Crippen LogP contribution in [0.5, 0.6) is 0 Å². The largest absolute Gasteiger partial charge is 0.444 e. The molecule has 4 amide bonds. The number of aliphatic hydroxyl groups excluding tert-OH is 2. The van der Waals surface area contributed by atoms with E-state index in [-0.39, 0.29) is 44.1 Å². The van der Waals surface area contributed by atoms with Crippen molar-refractivity contribution in [3.05, 3.63) is 25.3 Å². The summed E-state index contributed by atoms with van der Waals surface area (Å²) in [6.45, 7) is 15.7. The summed E-state index contributed by atoms with van der Waals surface area (Å²) in [7, 11) is -4.22. The van der Waals surface area contributed by atoms with E-state index in [1.807, 2.05) is 17.7 Å². The molecule has 0 spiro atoms. The van der Waals surface area contributed by atoms with Gasteiger partial charge in [0.15, 0.2) is 0 Å². The van der Waals surface area contributed by atoms with Crippen LogP contribution in [0.15, 0.2) is 25.3 Å². The van der Waals surface area contributed by atoms with Crippen molar-refractivity contribution in [2.24, 2.45) is 17.8 Å². The number of carbonyl (C=O) groups excluding carboxylic acids is 4. The lowest BCUT2D eigenvalue weighted by atomic mass is 9.85. The maximum atomic E-state index is 14.2. The number of carbonyl (C=O) groups is 4. The summed E-state index contributed by atoms with van der Waals surface area (Å²) in [5, 5.41) is 25.6. The second kappa shape index (κ2) is 14.4. The van der Waals surface area contributed by atoms with Gasteiger partial charge in [0.1, 0.15) is 28.0 Å². The van der Waals surface area contributed by atoms with Gasteiger partial charge in [0.2, 0.25) is 21.8 Å². The first-order chi connectivity index (χ1) is 21.4. The van der Waals surface area contributed by atoms with Crippen LogP contribution in [-0.2, 0) is 29.1 Å². The first kappa shape index (κ1) is 37.5.